The predicted octanol–water partition coefficient (Wildman–Crippen LogP) is 4.96. The molecule has 4 aromatic carbocycles. The van der Waals surface area contributed by atoms with E-state index in [2.05, 4.69) is 16.2 Å². The summed E-state index contributed by atoms with van der Waals surface area (Å²) in [5.41, 5.74) is 15.6. The number of para-hydroxylation sites is 1. The lowest BCUT2D eigenvalue weighted by Gasteiger charge is -2.21. The number of rotatable bonds is 3. The number of nitrogens with two attached hydrogens (primary N) is 1. The first-order valence-electron chi connectivity index (χ1n) is 9.99. The molecule has 1 heterocycles. The van der Waals surface area contributed by atoms with Crippen molar-refractivity contribution in [2.45, 2.75) is 12.6 Å². The van der Waals surface area contributed by atoms with E-state index in [0.29, 0.717) is 27.6 Å². The van der Waals surface area contributed by atoms with Crippen LogP contribution in [-0.2, 0) is 5.66 Å². The van der Waals surface area contributed by atoms with Crippen LogP contribution in [0.5, 0.6) is 0 Å². The molecule has 5 N–H and O–H groups in total. The van der Waals surface area contributed by atoms with E-state index in [1.54, 1.807) is 24.3 Å². The average molecular weight is 412 g/mol. The fourth-order valence-electron chi connectivity index (χ4n) is 4.07. The van der Waals surface area contributed by atoms with E-state index >= 15 is 4.39 Å². The summed E-state index contributed by atoms with van der Waals surface area (Å²) in [4.78, 5) is 12.6. The van der Waals surface area contributed by atoms with Gasteiger partial charge in [-0.25, -0.2) is 9.82 Å². The zero-order valence-electron chi connectivity index (χ0n) is 16.9. The molecule has 1 unspecified atom stereocenters. The van der Waals surface area contributed by atoms with Crippen LogP contribution in [0.1, 0.15) is 22.8 Å². The molecule has 4 aromatic rings. The number of fused-ring (bicyclic) bond motifs is 2. The summed E-state index contributed by atoms with van der Waals surface area (Å²) in [5, 5.41) is 3.95. The zero-order chi connectivity index (χ0) is 21.6. The van der Waals surface area contributed by atoms with Crippen LogP contribution in [0, 0.1) is 5.82 Å². The monoisotopic (exact) mass is 412 g/mol. The normalized spacial score (nSPS) is 17.3. The average Bonchev–Trinajstić information content (AvgIpc) is 3.09. The number of amides is 1. The molecule has 0 spiro atoms. The van der Waals surface area contributed by atoms with Gasteiger partial charge in [-0.05, 0) is 48.2 Å². The lowest BCUT2D eigenvalue weighted by Crippen LogP contribution is -2.45. The molecule has 0 fully saturated rings. The van der Waals surface area contributed by atoms with E-state index in [0.717, 1.165) is 16.8 Å². The van der Waals surface area contributed by atoms with Gasteiger partial charge in [0.1, 0.15) is 11.5 Å². The van der Waals surface area contributed by atoms with Gasteiger partial charge in [0, 0.05) is 27.8 Å². The first-order chi connectivity index (χ1) is 14.9. The topological polar surface area (TPSA) is 79.2 Å². The third-order valence-electron chi connectivity index (χ3n) is 5.58. The molecule has 1 atom stereocenters. The Morgan fingerprint density at radius 3 is 2.58 bits per heavy atom. The lowest BCUT2D eigenvalue weighted by molar-refractivity contribution is 0.102. The van der Waals surface area contributed by atoms with Crippen molar-refractivity contribution in [3.8, 4) is 11.1 Å². The number of benzene rings is 4. The molecule has 5 rings (SSSR count). The number of hydrogen-bond donors (Lipinski definition) is 4. The lowest BCUT2D eigenvalue weighted by atomic mass is 9.90. The highest BCUT2D eigenvalue weighted by Crippen LogP contribution is 2.40. The highest BCUT2D eigenvalue weighted by molar-refractivity contribution is 6.06. The van der Waals surface area contributed by atoms with Crippen molar-refractivity contribution in [1.29, 1.82) is 0 Å². The quantitative estimate of drug-likeness (QED) is 0.384. The minimum atomic E-state index is -0.827. The van der Waals surface area contributed by atoms with Crippen LogP contribution >= 0.6 is 0 Å². The van der Waals surface area contributed by atoms with Gasteiger partial charge < -0.3 is 16.5 Å². The largest absolute Gasteiger partial charge is 0.322 e. The Morgan fingerprint density at radius 2 is 1.77 bits per heavy atom. The van der Waals surface area contributed by atoms with Gasteiger partial charge in [-0.15, -0.1) is 0 Å². The molecule has 31 heavy (non-hydrogen) atoms. The maximum atomic E-state index is 15.6. The minimum absolute atomic E-state index is 0.241. The van der Waals surface area contributed by atoms with Crippen LogP contribution in [0.2, 0.25) is 0 Å². The summed E-state index contributed by atoms with van der Waals surface area (Å²) >= 11 is 0. The molecule has 1 aliphatic heterocycles. The third kappa shape index (κ3) is 3.32. The predicted molar refractivity (Wildman–Crippen MR) is 122 cm³/mol. The molecule has 0 saturated carbocycles. The summed E-state index contributed by atoms with van der Waals surface area (Å²) in [6.45, 7) is 1.84. The van der Waals surface area contributed by atoms with E-state index in [4.69, 9.17) is 5.73 Å². The van der Waals surface area contributed by atoms with Gasteiger partial charge >= 0.3 is 0 Å². The van der Waals surface area contributed by atoms with Crippen molar-refractivity contribution < 1.29 is 9.18 Å². The van der Waals surface area contributed by atoms with Crippen molar-refractivity contribution in [2.24, 2.45) is 5.73 Å². The molecular weight excluding hydrogens is 391 g/mol. The Bertz CT molecular complexity index is 1320. The van der Waals surface area contributed by atoms with Crippen molar-refractivity contribution in [3.05, 3.63) is 95.8 Å². The fraction of sp³-hybridized carbons (Fsp3) is 0.0800. The number of anilines is 2. The van der Waals surface area contributed by atoms with Crippen molar-refractivity contribution in [3.63, 3.8) is 0 Å². The van der Waals surface area contributed by atoms with Gasteiger partial charge in [-0.3, -0.25) is 4.79 Å². The van der Waals surface area contributed by atoms with E-state index in [-0.39, 0.29) is 11.7 Å². The Kier molecular flexibility index (Phi) is 4.46. The van der Waals surface area contributed by atoms with E-state index < -0.39 is 5.66 Å². The third-order valence-corrected chi connectivity index (χ3v) is 5.58. The molecule has 1 amide bonds. The second-order valence-corrected chi connectivity index (χ2v) is 7.86. The van der Waals surface area contributed by atoms with E-state index in [9.17, 15) is 4.79 Å². The van der Waals surface area contributed by atoms with Crippen molar-refractivity contribution in [2.75, 3.05) is 10.7 Å². The number of hydrogen-bond acceptors (Lipinski definition) is 4. The molecule has 0 saturated heterocycles. The first-order valence-corrected chi connectivity index (χ1v) is 9.99. The molecule has 0 radical (unpaired) electrons. The molecule has 0 bridgehead atoms. The van der Waals surface area contributed by atoms with Crippen LogP contribution in [0.25, 0.3) is 21.9 Å². The fourth-order valence-corrected chi connectivity index (χ4v) is 4.07. The molecule has 1 aliphatic rings. The van der Waals surface area contributed by atoms with Gasteiger partial charge in [0.15, 0.2) is 0 Å². The summed E-state index contributed by atoms with van der Waals surface area (Å²) in [6, 6.07) is 23.4. The molecule has 5 nitrogen and oxygen atoms in total. The summed E-state index contributed by atoms with van der Waals surface area (Å²) < 4.78 is 15.6. The highest BCUT2D eigenvalue weighted by atomic mass is 19.1. The summed E-state index contributed by atoms with van der Waals surface area (Å²) in [7, 11) is 0. The number of hydrazine groups is 1. The number of halogens is 1. The first kappa shape index (κ1) is 19.2. The molecular formula is C25H21FN4O. The standard InChI is InChI=1S/C25H21FN4O/c1-25(27)22-19(8-5-9-21(22)29-30-25)20-13-10-15-14-16(11-12-18(15)23(20)26)24(31)28-17-6-3-2-4-7-17/h2-14,29-30H,27H2,1H3,(H,28,31). The van der Waals surface area contributed by atoms with E-state index in [1.165, 1.54) is 0 Å². The number of carbonyl (C=O) groups excluding carboxylic acids is 1. The summed E-state index contributed by atoms with van der Waals surface area (Å²) in [5.74, 6) is -0.585. The van der Waals surface area contributed by atoms with Crippen LogP contribution < -0.4 is 21.9 Å². The molecule has 0 aromatic heterocycles. The minimum Gasteiger partial charge on any atom is -0.322 e. The van der Waals surface area contributed by atoms with Crippen LogP contribution in [0.3, 0.4) is 0 Å². The smallest absolute Gasteiger partial charge is 0.255 e. The number of carbonyl (C=O) groups is 1. The Morgan fingerprint density at radius 1 is 0.968 bits per heavy atom. The van der Waals surface area contributed by atoms with Crippen LogP contribution in [0.4, 0.5) is 15.8 Å². The summed E-state index contributed by atoms with van der Waals surface area (Å²) in [6.07, 6.45) is 0. The van der Waals surface area contributed by atoms with Crippen LogP contribution in [0.15, 0.2) is 78.9 Å². The van der Waals surface area contributed by atoms with Gasteiger partial charge in [0.05, 0.1) is 5.69 Å². The van der Waals surface area contributed by atoms with Gasteiger partial charge in [0.2, 0.25) is 0 Å². The molecule has 6 heteroatoms. The second kappa shape index (κ2) is 7.19. The highest BCUT2D eigenvalue weighted by Gasteiger charge is 2.33. The Balaban J connectivity index is 1.55. The SMILES string of the molecule is CC1(N)NNc2cccc(-c3ccc4cc(C(=O)Nc5ccccc5)ccc4c3F)c21. The Hall–Kier alpha value is -3.74. The Labute approximate surface area is 179 Å². The molecule has 154 valence electrons. The van der Waals surface area contributed by atoms with Crippen LogP contribution in [-0.4, -0.2) is 5.91 Å². The van der Waals surface area contributed by atoms with Crippen molar-refractivity contribution in [1.82, 2.24) is 5.43 Å². The van der Waals surface area contributed by atoms with Gasteiger partial charge in [-0.2, -0.15) is 0 Å². The van der Waals surface area contributed by atoms with Crippen molar-refractivity contribution >= 4 is 28.1 Å². The zero-order valence-corrected chi connectivity index (χ0v) is 16.9. The second-order valence-electron chi connectivity index (χ2n) is 7.86. The molecule has 0 aliphatic carbocycles. The van der Waals surface area contributed by atoms with Gasteiger partial charge in [-0.1, -0.05) is 48.5 Å². The number of nitrogens with one attached hydrogen (secondary N) is 3. The maximum Gasteiger partial charge on any atom is 0.255 e. The maximum absolute atomic E-state index is 15.6. The van der Waals surface area contributed by atoms with Gasteiger partial charge in [0.25, 0.3) is 5.91 Å². The van der Waals surface area contributed by atoms with E-state index in [1.807, 2.05) is 61.5 Å².